The van der Waals surface area contributed by atoms with Crippen molar-refractivity contribution in [2.45, 2.75) is 13.3 Å². The van der Waals surface area contributed by atoms with Crippen molar-refractivity contribution in [3.05, 3.63) is 59.2 Å². The fourth-order valence-corrected chi connectivity index (χ4v) is 1.51. The third-order valence-corrected chi connectivity index (χ3v) is 2.38. The van der Waals surface area contributed by atoms with Crippen molar-refractivity contribution < 1.29 is 4.79 Å². The van der Waals surface area contributed by atoms with Crippen molar-refractivity contribution in [1.29, 1.82) is 0 Å². The number of aryl methyl sites for hydroxylation is 1. The molecule has 14 heavy (non-hydrogen) atoms. The monoisotopic (exact) mass is 184 g/mol. The molecule has 0 fully saturated rings. The second-order valence-electron chi connectivity index (χ2n) is 3.52. The van der Waals surface area contributed by atoms with E-state index in [0.29, 0.717) is 0 Å². The van der Waals surface area contributed by atoms with Crippen molar-refractivity contribution in [3.63, 3.8) is 0 Å². The Kier molecular flexibility index (Phi) is 2.32. The van der Waals surface area contributed by atoms with E-state index < -0.39 is 0 Å². The average Bonchev–Trinajstić information content (AvgIpc) is 2.71. The van der Waals surface area contributed by atoms with Crippen LogP contribution in [0.2, 0.25) is 0 Å². The lowest BCUT2D eigenvalue weighted by Gasteiger charge is -2.01. The van der Waals surface area contributed by atoms with Crippen molar-refractivity contribution in [2.75, 3.05) is 0 Å². The van der Waals surface area contributed by atoms with Crippen molar-refractivity contribution in [1.82, 2.24) is 0 Å². The Morgan fingerprint density at radius 3 is 2.50 bits per heavy atom. The number of carbonyl (C=O) groups is 1. The number of ketones is 1. The van der Waals surface area contributed by atoms with Gasteiger partial charge in [0.2, 0.25) is 0 Å². The SMILES string of the molecule is Cc1ccc(C(=O)C2=CC=CC2)cc1. The van der Waals surface area contributed by atoms with Crippen LogP contribution in [0, 0.1) is 6.92 Å². The summed E-state index contributed by atoms with van der Waals surface area (Å²) >= 11 is 0. The fourth-order valence-electron chi connectivity index (χ4n) is 1.51. The van der Waals surface area contributed by atoms with Crippen LogP contribution in [0.15, 0.2) is 48.1 Å². The maximum absolute atomic E-state index is 11.8. The Bertz CT molecular complexity index is 407. The summed E-state index contributed by atoms with van der Waals surface area (Å²) in [6.45, 7) is 2.02. The molecule has 0 spiro atoms. The summed E-state index contributed by atoms with van der Waals surface area (Å²) in [4.78, 5) is 11.8. The lowest BCUT2D eigenvalue weighted by Crippen LogP contribution is -2.01. The van der Waals surface area contributed by atoms with E-state index in [4.69, 9.17) is 0 Å². The molecule has 0 amide bonds. The highest BCUT2D eigenvalue weighted by molar-refractivity contribution is 6.09. The second kappa shape index (κ2) is 3.62. The number of hydrogen-bond acceptors (Lipinski definition) is 1. The van der Waals surface area contributed by atoms with E-state index in [1.54, 1.807) is 0 Å². The van der Waals surface area contributed by atoms with Gasteiger partial charge in [0.1, 0.15) is 0 Å². The Morgan fingerprint density at radius 2 is 1.93 bits per heavy atom. The highest BCUT2D eigenvalue weighted by atomic mass is 16.1. The molecule has 0 bridgehead atoms. The molecule has 0 saturated carbocycles. The molecular formula is C13H12O. The van der Waals surface area contributed by atoms with Crippen LogP contribution in [0.5, 0.6) is 0 Å². The van der Waals surface area contributed by atoms with Gasteiger partial charge in [0.05, 0.1) is 0 Å². The Labute approximate surface area is 83.8 Å². The Hall–Kier alpha value is -1.63. The number of Topliss-reactive ketones (excluding diaryl/α,β-unsaturated/α-hetero) is 1. The molecule has 0 N–H and O–H groups in total. The molecule has 2 rings (SSSR count). The molecule has 0 heterocycles. The van der Waals surface area contributed by atoms with E-state index in [1.165, 1.54) is 5.56 Å². The molecule has 1 aliphatic carbocycles. The van der Waals surface area contributed by atoms with Crippen molar-refractivity contribution >= 4 is 5.78 Å². The summed E-state index contributed by atoms with van der Waals surface area (Å²) in [5, 5.41) is 0. The number of hydrogen-bond donors (Lipinski definition) is 0. The van der Waals surface area contributed by atoms with Crippen LogP contribution in [0.1, 0.15) is 22.3 Å². The molecule has 0 aromatic heterocycles. The Morgan fingerprint density at radius 1 is 1.21 bits per heavy atom. The largest absolute Gasteiger partial charge is 0.289 e. The zero-order chi connectivity index (χ0) is 9.97. The summed E-state index contributed by atoms with van der Waals surface area (Å²) in [7, 11) is 0. The van der Waals surface area contributed by atoms with E-state index in [0.717, 1.165) is 17.6 Å². The summed E-state index contributed by atoms with van der Waals surface area (Å²) < 4.78 is 0. The number of rotatable bonds is 2. The molecular weight excluding hydrogens is 172 g/mol. The summed E-state index contributed by atoms with van der Waals surface area (Å²) in [6.07, 6.45) is 6.59. The first-order chi connectivity index (χ1) is 6.77. The van der Waals surface area contributed by atoms with Gasteiger partial charge in [-0.1, -0.05) is 48.1 Å². The van der Waals surface area contributed by atoms with Gasteiger partial charge in [-0.2, -0.15) is 0 Å². The average molecular weight is 184 g/mol. The van der Waals surface area contributed by atoms with E-state index in [2.05, 4.69) is 0 Å². The first-order valence-corrected chi connectivity index (χ1v) is 4.74. The molecule has 1 aromatic rings. The van der Waals surface area contributed by atoms with E-state index in [1.807, 2.05) is 49.4 Å². The highest BCUT2D eigenvalue weighted by Gasteiger charge is 2.11. The van der Waals surface area contributed by atoms with E-state index >= 15 is 0 Å². The normalized spacial score (nSPS) is 14.2. The summed E-state index contributed by atoms with van der Waals surface area (Å²) in [5.41, 5.74) is 2.85. The molecule has 0 unspecified atom stereocenters. The quantitative estimate of drug-likeness (QED) is 0.645. The summed E-state index contributed by atoms with van der Waals surface area (Å²) in [6, 6.07) is 7.71. The van der Waals surface area contributed by atoms with Crippen LogP contribution >= 0.6 is 0 Å². The molecule has 0 saturated heterocycles. The van der Waals surface area contributed by atoms with Crippen LogP contribution in [0.4, 0.5) is 0 Å². The first-order valence-electron chi connectivity index (χ1n) is 4.74. The van der Waals surface area contributed by atoms with Gasteiger partial charge in [-0.05, 0) is 13.3 Å². The van der Waals surface area contributed by atoms with Crippen LogP contribution in [0.25, 0.3) is 0 Å². The van der Waals surface area contributed by atoms with E-state index in [9.17, 15) is 4.79 Å². The lowest BCUT2D eigenvalue weighted by molar-refractivity contribution is 0.103. The molecule has 1 nitrogen and oxygen atoms in total. The molecule has 0 aliphatic heterocycles. The van der Waals surface area contributed by atoms with Gasteiger partial charge >= 0.3 is 0 Å². The zero-order valence-corrected chi connectivity index (χ0v) is 8.16. The van der Waals surface area contributed by atoms with Gasteiger partial charge < -0.3 is 0 Å². The van der Waals surface area contributed by atoms with Gasteiger partial charge in [-0.3, -0.25) is 4.79 Å². The van der Waals surface area contributed by atoms with Crippen molar-refractivity contribution in [2.24, 2.45) is 0 Å². The zero-order valence-electron chi connectivity index (χ0n) is 8.16. The van der Waals surface area contributed by atoms with Crippen LogP contribution in [0.3, 0.4) is 0 Å². The summed E-state index contributed by atoms with van der Waals surface area (Å²) in [5.74, 6) is 0.148. The van der Waals surface area contributed by atoms with Crippen LogP contribution in [-0.4, -0.2) is 5.78 Å². The first kappa shape index (κ1) is 8.95. The molecule has 0 radical (unpaired) electrons. The van der Waals surface area contributed by atoms with Gasteiger partial charge in [0.15, 0.2) is 5.78 Å². The van der Waals surface area contributed by atoms with Crippen LogP contribution < -0.4 is 0 Å². The van der Waals surface area contributed by atoms with Crippen molar-refractivity contribution in [3.8, 4) is 0 Å². The minimum atomic E-state index is 0.148. The smallest absolute Gasteiger partial charge is 0.189 e. The van der Waals surface area contributed by atoms with Gasteiger partial charge in [-0.25, -0.2) is 0 Å². The molecule has 70 valence electrons. The molecule has 1 heteroatoms. The fraction of sp³-hybridized carbons (Fsp3) is 0.154. The molecule has 1 aliphatic rings. The predicted molar refractivity (Wildman–Crippen MR) is 57.3 cm³/mol. The molecule has 1 aromatic carbocycles. The molecule has 0 atom stereocenters. The lowest BCUT2D eigenvalue weighted by atomic mass is 10.0. The maximum Gasteiger partial charge on any atom is 0.189 e. The van der Waals surface area contributed by atoms with Crippen LogP contribution in [-0.2, 0) is 0 Å². The Balaban J connectivity index is 2.23. The minimum absolute atomic E-state index is 0.148. The topological polar surface area (TPSA) is 17.1 Å². The minimum Gasteiger partial charge on any atom is -0.289 e. The van der Waals surface area contributed by atoms with Gasteiger partial charge in [0.25, 0.3) is 0 Å². The van der Waals surface area contributed by atoms with Gasteiger partial charge in [0, 0.05) is 11.1 Å². The standard InChI is InChI=1S/C13H12O/c1-10-6-8-12(9-7-10)13(14)11-4-2-3-5-11/h2-4,6-9H,5H2,1H3. The van der Waals surface area contributed by atoms with E-state index in [-0.39, 0.29) is 5.78 Å². The highest BCUT2D eigenvalue weighted by Crippen LogP contribution is 2.16. The predicted octanol–water partition coefficient (Wildman–Crippen LogP) is 3.06. The maximum atomic E-state index is 11.8. The van der Waals surface area contributed by atoms with Gasteiger partial charge in [-0.15, -0.1) is 0 Å². The third kappa shape index (κ3) is 1.67. The third-order valence-electron chi connectivity index (χ3n) is 2.38. The number of allylic oxidation sites excluding steroid dienone is 4. The number of carbonyl (C=O) groups excluding carboxylic acids is 1. The number of benzene rings is 1. The second-order valence-corrected chi connectivity index (χ2v) is 3.52.